The quantitative estimate of drug-likeness (QED) is 0.905. The summed E-state index contributed by atoms with van der Waals surface area (Å²) in [6.07, 6.45) is 0. The molecule has 6 heteroatoms. The number of rotatable bonds is 4. The molecule has 0 atom stereocenters. The number of piperazine rings is 1. The van der Waals surface area contributed by atoms with Crippen LogP contribution in [-0.4, -0.2) is 55.5 Å². The Morgan fingerprint density at radius 2 is 1.90 bits per heavy atom. The predicted molar refractivity (Wildman–Crippen MR) is 79.4 cm³/mol. The summed E-state index contributed by atoms with van der Waals surface area (Å²) >= 11 is 0. The Morgan fingerprint density at radius 1 is 1.30 bits per heavy atom. The minimum absolute atomic E-state index is 0. The van der Waals surface area contributed by atoms with Gasteiger partial charge in [-0.15, -0.1) is 12.4 Å². The molecular weight excluding hydrogens is 281 g/mol. The standard InChI is InChI=1S/C14H20FN3O.ClH/c1-17(10-12-2-4-13(15)5-3-12)11-14(19)18-8-6-16-7-9-18;/h2-5,16H,6-11H2,1H3;1H. The van der Waals surface area contributed by atoms with E-state index in [1.807, 2.05) is 16.8 Å². The second-order valence-electron chi connectivity index (χ2n) is 4.93. The van der Waals surface area contributed by atoms with Crippen LogP contribution in [0.15, 0.2) is 24.3 Å². The van der Waals surface area contributed by atoms with Crippen molar-refractivity contribution in [3.63, 3.8) is 0 Å². The van der Waals surface area contributed by atoms with E-state index in [0.29, 0.717) is 13.1 Å². The van der Waals surface area contributed by atoms with Crippen molar-refractivity contribution in [2.24, 2.45) is 0 Å². The molecule has 0 aliphatic carbocycles. The number of carbonyl (C=O) groups excluding carboxylic acids is 1. The smallest absolute Gasteiger partial charge is 0.236 e. The fourth-order valence-electron chi connectivity index (χ4n) is 2.20. The molecule has 4 nitrogen and oxygen atoms in total. The molecule has 20 heavy (non-hydrogen) atoms. The van der Waals surface area contributed by atoms with Crippen molar-refractivity contribution in [1.82, 2.24) is 15.1 Å². The fourth-order valence-corrected chi connectivity index (χ4v) is 2.20. The Labute approximate surface area is 125 Å². The Bertz CT molecular complexity index is 421. The highest BCUT2D eigenvalue weighted by molar-refractivity contribution is 5.85. The molecule has 1 fully saturated rings. The zero-order valence-corrected chi connectivity index (χ0v) is 12.5. The topological polar surface area (TPSA) is 35.6 Å². The molecule has 1 aliphatic rings. The number of benzene rings is 1. The lowest BCUT2D eigenvalue weighted by Crippen LogP contribution is -2.49. The first kappa shape index (κ1) is 16.9. The van der Waals surface area contributed by atoms with Gasteiger partial charge in [-0.2, -0.15) is 0 Å². The van der Waals surface area contributed by atoms with Gasteiger partial charge in [-0.25, -0.2) is 4.39 Å². The van der Waals surface area contributed by atoms with Crippen molar-refractivity contribution >= 4 is 18.3 Å². The molecule has 1 saturated heterocycles. The van der Waals surface area contributed by atoms with E-state index in [2.05, 4.69) is 5.32 Å². The number of hydrogen-bond donors (Lipinski definition) is 1. The SMILES string of the molecule is CN(CC(=O)N1CCNCC1)Cc1ccc(F)cc1.Cl. The van der Waals surface area contributed by atoms with Crippen LogP contribution in [0, 0.1) is 5.82 Å². The lowest BCUT2D eigenvalue weighted by Gasteiger charge is -2.29. The largest absolute Gasteiger partial charge is 0.339 e. The number of nitrogens with zero attached hydrogens (tertiary/aromatic N) is 2. The molecule has 1 aliphatic heterocycles. The van der Waals surface area contributed by atoms with Crippen LogP contribution in [0.4, 0.5) is 4.39 Å². The second-order valence-corrected chi connectivity index (χ2v) is 4.93. The average molecular weight is 302 g/mol. The number of carbonyl (C=O) groups is 1. The molecule has 0 unspecified atom stereocenters. The highest BCUT2D eigenvalue weighted by Crippen LogP contribution is 2.06. The molecule has 1 aromatic rings. The normalized spacial score (nSPS) is 15.1. The molecular formula is C14H21ClFN3O. The summed E-state index contributed by atoms with van der Waals surface area (Å²) in [5.41, 5.74) is 1.01. The summed E-state index contributed by atoms with van der Waals surface area (Å²) in [4.78, 5) is 15.9. The molecule has 2 rings (SSSR count). The van der Waals surface area contributed by atoms with E-state index in [9.17, 15) is 9.18 Å². The summed E-state index contributed by atoms with van der Waals surface area (Å²) in [7, 11) is 1.91. The Morgan fingerprint density at radius 3 is 2.50 bits per heavy atom. The van der Waals surface area contributed by atoms with Crippen LogP contribution in [0.5, 0.6) is 0 Å². The van der Waals surface area contributed by atoms with Gasteiger partial charge in [0.05, 0.1) is 6.54 Å². The predicted octanol–water partition coefficient (Wildman–Crippen LogP) is 1.11. The lowest BCUT2D eigenvalue weighted by molar-refractivity contribution is -0.132. The molecule has 0 aromatic heterocycles. The van der Waals surface area contributed by atoms with Gasteiger partial charge in [0.2, 0.25) is 5.91 Å². The number of hydrogen-bond acceptors (Lipinski definition) is 3. The molecule has 1 amide bonds. The maximum atomic E-state index is 12.8. The van der Waals surface area contributed by atoms with Crippen molar-refractivity contribution in [3.05, 3.63) is 35.6 Å². The van der Waals surface area contributed by atoms with Gasteiger partial charge in [0.25, 0.3) is 0 Å². The third-order valence-corrected chi connectivity index (χ3v) is 3.24. The number of nitrogens with one attached hydrogen (secondary N) is 1. The minimum atomic E-state index is -0.233. The maximum absolute atomic E-state index is 12.8. The van der Waals surface area contributed by atoms with Crippen molar-refractivity contribution in [2.45, 2.75) is 6.54 Å². The van der Waals surface area contributed by atoms with E-state index in [1.165, 1.54) is 12.1 Å². The first-order valence-electron chi connectivity index (χ1n) is 6.56. The number of likely N-dealkylation sites (N-methyl/N-ethyl adjacent to an activating group) is 1. The van der Waals surface area contributed by atoms with Crippen molar-refractivity contribution < 1.29 is 9.18 Å². The Balaban J connectivity index is 0.00000200. The molecule has 0 radical (unpaired) electrons. The van der Waals surface area contributed by atoms with E-state index < -0.39 is 0 Å². The van der Waals surface area contributed by atoms with Gasteiger partial charge >= 0.3 is 0 Å². The second kappa shape index (κ2) is 8.19. The molecule has 1 aromatic carbocycles. The van der Waals surface area contributed by atoms with Crippen LogP contribution in [-0.2, 0) is 11.3 Å². The zero-order chi connectivity index (χ0) is 13.7. The average Bonchev–Trinajstić information content (AvgIpc) is 2.42. The van der Waals surface area contributed by atoms with Crippen molar-refractivity contribution in [1.29, 1.82) is 0 Å². The van der Waals surface area contributed by atoms with Gasteiger partial charge in [-0.1, -0.05) is 12.1 Å². The van der Waals surface area contributed by atoms with E-state index in [0.717, 1.165) is 31.7 Å². The molecule has 1 N–H and O–H groups in total. The molecule has 0 bridgehead atoms. The first-order valence-corrected chi connectivity index (χ1v) is 6.56. The van der Waals surface area contributed by atoms with Gasteiger partial charge in [0, 0.05) is 32.7 Å². The van der Waals surface area contributed by atoms with Gasteiger partial charge < -0.3 is 10.2 Å². The van der Waals surface area contributed by atoms with Gasteiger partial charge in [-0.05, 0) is 24.7 Å². The molecule has 1 heterocycles. The highest BCUT2D eigenvalue weighted by atomic mass is 35.5. The Kier molecular flexibility index (Phi) is 6.91. The van der Waals surface area contributed by atoms with Crippen LogP contribution in [0.2, 0.25) is 0 Å². The lowest BCUT2D eigenvalue weighted by atomic mass is 10.2. The van der Waals surface area contributed by atoms with Crippen LogP contribution in [0.25, 0.3) is 0 Å². The molecule has 0 spiro atoms. The van der Waals surface area contributed by atoms with Crippen LogP contribution in [0.3, 0.4) is 0 Å². The summed E-state index contributed by atoms with van der Waals surface area (Å²) in [5, 5.41) is 3.23. The number of halogens is 2. The summed E-state index contributed by atoms with van der Waals surface area (Å²) in [5.74, 6) is -0.0746. The summed E-state index contributed by atoms with van der Waals surface area (Å²) in [6.45, 7) is 4.35. The van der Waals surface area contributed by atoms with Crippen molar-refractivity contribution in [3.8, 4) is 0 Å². The summed E-state index contributed by atoms with van der Waals surface area (Å²) < 4.78 is 12.8. The third kappa shape index (κ3) is 5.07. The monoisotopic (exact) mass is 301 g/mol. The first-order chi connectivity index (χ1) is 9.15. The summed E-state index contributed by atoms with van der Waals surface area (Å²) in [6, 6.07) is 6.39. The van der Waals surface area contributed by atoms with Gasteiger partial charge in [-0.3, -0.25) is 9.69 Å². The van der Waals surface area contributed by atoms with Crippen LogP contribution in [0.1, 0.15) is 5.56 Å². The maximum Gasteiger partial charge on any atom is 0.236 e. The molecule has 0 saturated carbocycles. The van der Waals surface area contributed by atoms with E-state index in [4.69, 9.17) is 0 Å². The van der Waals surface area contributed by atoms with Crippen LogP contribution >= 0.6 is 12.4 Å². The van der Waals surface area contributed by atoms with Crippen molar-refractivity contribution in [2.75, 3.05) is 39.8 Å². The third-order valence-electron chi connectivity index (χ3n) is 3.24. The fraction of sp³-hybridized carbons (Fsp3) is 0.500. The van der Waals surface area contributed by atoms with Crippen LogP contribution < -0.4 is 5.32 Å². The Hall–Kier alpha value is -1.17. The highest BCUT2D eigenvalue weighted by Gasteiger charge is 2.17. The van der Waals surface area contributed by atoms with E-state index in [1.54, 1.807) is 12.1 Å². The van der Waals surface area contributed by atoms with Gasteiger partial charge in [0.1, 0.15) is 5.82 Å². The van der Waals surface area contributed by atoms with E-state index >= 15 is 0 Å². The number of amides is 1. The zero-order valence-electron chi connectivity index (χ0n) is 11.6. The van der Waals surface area contributed by atoms with E-state index in [-0.39, 0.29) is 24.1 Å². The minimum Gasteiger partial charge on any atom is -0.339 e. The molecule has 112 valence electrons. The van der Waals surface area contributed by atoms with Gasteiger partial charge in [0.15, 0.2) is 0 Å².